The number of aryl methyl sites for hydroxylation is 1. The van der Waals surface area contributed by atoms with Crippen molar-refractivity contribution in [1.82, 2.24) is 9.97 Å². The van der Waals surface area contributed by atoms with E-state index in [1.807, 2.05) is 0 Å². The predicted octanol–water partition coefficient (Wildman–Crippen LogP) is 1.99. The normalized spacial score (nSPS) is 10.4. The summed E-state index contributed by atoms with van der Waals surface area (Å²) in [4.78, 5) is 30.7. The molecule has 0 fully saturated rings. The third-order valence-electron chi connectivity index (χ3n) is 2.62. The molecule has 7 heteroatoms. The van der Waals surface area contributed by atoms with Crippen LogP contribution in [0.25, 0.3) is 0 Å². The molecule has 0 saturated heterocycles. The van der Waals surface area contributed by atoms with Gasteiger partial charge in [-0.3, -0.25) is 4.79 Å². The number of esters is 1. The second-order valence-corrected chi connectivity index (χ2v) is 5.26. The molecule has 0 atom stereocenters. The lowest BCUT2D eigenvalue weighted by Crippen LogP contribution is -2.10. The smallest absolute Gasteiger partial charge is 0.340 e. The maximum atomic E-state index is 11.8. The highest BCUT2D eigenvalue weighted by Crippen LogP contribution is 2.31. The highest BCUT2D eigenvalue weighted by molar-refractivity contribution is 7.99. The van der Waals surface area contributed by atoms with Gasteiger partial charge in [0.15, 0.2) is 5.16 Å². The largest absolute Gasteiger partial charge is 0.462 e. The van der Waals surface area contributed by atoms with Crippen LogP contribution in [-0.4, -0.2) is 22.5 Å². The number of nitrogen functional groups attached to an aromatic ring is 1. The Morgan fingerprint density at radius 3 is 2.90 bits per heavy atom. The van der Waals surface area contributed by atoms with Crippen molar-refractivity contribution in [2.24, 2.45) is 0 Å². The lowest BCUT2D eigenvalue weighted by molar-refractivity contribution is 0.0527. The number of H-pyrrole nitrogens is 1. The Bertz CT molecular complexity index is 728. The van der Waals surface area contributed by atoms with Crippen LogP contribution in [0.15, 0.2) is 39.1 Å². The molecule has 2 aromatic rings. The Morgan fingerprint density at radius 2 is 2.24 bits per heavy atom. The minimum absolute atomic E-state index is 0.231. The van der Waals surface area contributed by atoms with Crippen LogP contribution in [0.1, 0.15) is 23.0 Å². The Hall–Kier alpha value is -2.28. The average molecular weight is 305 g/mol. The third-order valence-corrected chi connectivity index (χ3v) is 3.58. The van der Waals surface area contributed by atoms with Gasteiger partial charge < -0.3 is 15.5 Å². The molecule has 6 nitrogen and oxygen atoms in total. The van der Waals surface area contributed by atoms with E-state index in [1.54, 1.807) is 32.0 Å². The molecule has 110 valence electrons. The van der Waals surface area contributed by atoms with Gasteiger partial charge in [0.1, 0.15) is 0 Å². The van der Waals surface area contributed by atoms with Crippen LogP contribution in [0.5, 0.6) is 0 Å². The predicted molar refractivity (Wildman–Crippen MR) is 80.5 cm³/mol. The SMILES string of the molecule is CCOC(=O)c1cccc(Sc2nc(C)cc(=O)[nH]2)c1N. The van der Waals surface area contributed by atoms with Gasteiger partial charge in [-0.05, 0) is 37.7 Å². The molecular formula is C14H15N3O3S. The van der Waals surface area contributed by atoms with E-state index in [0.29, 0.717) is 27.0 Å². The first kappa shape index (κ1) is 15.1. The molecule has 1 aromatic carbocycles. The van der Waals surface area contributed by atoms with Gasteiger partial charge in [-0.15, -0.1) is 0 Å². The number of nitrogens with two attached hydrogens (primary N) is 1. The fourth-order valence-electron chi connectivity index (χ4n) is 1.72. The number of para-hydroxylation sites is 1. The summed E-state index contributed by atoms with van der Waals surface area (Å²) < 4.78 is 4.95. The van der Waals surface area contributed by atoms with Crippen molar-refractivity contribution in [3.63, 3.8) is 0 Å². The topological polar surface area (TPSA) is 98.1 Å². The maximum absolute atomic E-state index is 11.8. The zero-order valence-corrected chi connectivity index (χ0v) is 12.5. The molecule has 2 rings (SSSR count). The number of hydrogen-bond donors (Lipinski definition) is 2. The summed E-state index contributed by atoms with van der Waals surface area (Å²) in [6, 6.07) is 6.47. The highest BCUT2D eigenvalue weighted by atomic mass is 32.2. The molecule has 0 bridgehead atoms. The Morgan fingerprint density at radius 1 is 1.48 bits per heavy atom. The minimum atomic E-state index is -0.469. The highest BCUT2D eigenvalue weighted by Gasteiger charge is 2.14. The van der Waals surface area contributed by atoms with E-state index in [9.17, 15) is 9.59 Å². The molecule has 0 unspecified atom stereocenters. The summed E-state index contributed by atoms with van der Waals surface area (Å²) in [7, 11) is 0. The van der Waals surface area contributed by atoms with Crippen LogP contribution in [0.2, 0.25) is 0 Å². The van der Waals surface area contributed by atoms with Crippen LogP contribution in [0.4, 0.5) is 5.69 Å². The minimum Gasteiger partial charge on any atom is -0.462 e. The number of anilines is 1. The monoisotopic (exact) mass is 305 g/mol. The van der Waals surface area contributed by atoms with Gasteiger partial charge in [-0.1, -0.05) is 6.07 Å². The van der Waals surface area contributed by atoms with Gasteiger partial charge in [0.2, 0.25) is 0 Å². The van der Waals surface area contributed by atoms with E-state index in [1.165, 1.54) is 17.8 Å². The number of benzene rings is 1. The van der Waals surface area contributed by atoms with E-state index < -0.39 is 5.97 Å². The zero-order chi connectivity index (χ0) is 15.4. The number of aromatic amines is 1. The number of ether oxygens (including phenoxy) is 1. The van der Waals surface area contributed by atoms with Crippen molar-refractivity contribution in [1.29, 1.82) is 0 Å². The van der Waals surface area contributed by atoms with Gasteiger partial charge >= 0.3 is 5.97 Å². The number of hydrogen-bond acceptors (Lipinski definition) is 6. The van der Waals surface area contributed by atoms with Gasteiger partial charge in [0.05, 0.1) is 17.9 Å². The number of aromatic nitrogens is 2. The zero-order valence-electron chi connectivity index (χ0n) is 11.7. The molecule has 0 aliphatic heterocycles. The molecule has 1 aromatic heterocycles. The summed E-state index contributed by atoms with van der Waals surface area (Å²) in [6.45, 7) is 3.74. The average Bonchev–Trinajstić information content (AvgIpc) is 2.40. The van der Waals surface area contributed by atoms with Crippen molar-refractivity contribution in [3.8, 4) is 0 Å². The summed E-state index contributed by atoms with van der Waals surface area (Å²) >= 11 is 1.19. The first-order valence-corrected chi connectivity index (χ1v) is 7.14. The molecule has 1 heterocycles. The van der Waals surface area contributed by atoms with Gasteiger partial charge in [-0.25, -0.2) is 9.78 Å². The maximum Gasteiger partial charge on any atom is 0.340 e. The number of rotatable bonds is 4. The van der Waals surface area contributed by atoms with Crippen molar-refractivity contribution in [3.05, 3.63) is 45.9 Å². The van der Waals surface area contributed by atoms with Gasteiger partial charge in [0, 0.05) is 16.7 Å². The second-order valence-electron chi connectivity index (χ2n) is 4.23. The van der Waals surface area contributed by atoms with Gasteiger partial charge in [0.25, 0.3) is 5.56 Å². The third kappa shape index (κ3) is 3.63. The fourth-order valence-corrected chi connectivity index (χ4v) is 2.64. The number of nitrogens with zero attached hydrogens (tertiary/aromatic N) is 1. The Kier molecular flexibility index (Phi) is 4.64. The van der Waals surface area contributed by atoms with E-state index in [2.05, 4.69) is 9.97 Å². The molecular weight excluding hydrogens is 290 g/mol. The molecule has 0 spiro atoms. The second kappa shape index (κ2) is 6.45. The first-order chi connectivity index (χ1) is 10.0. The molecule has 3 N–H and O–H groups in total. The van der Waals surface area contributed by atoms with Crippen LogP contribution in [0.3, 0.4) is 0 Å². The number of nitrogens with one attached hydrogen (secondary N) is 1. The fraction of sp³-hybridized carbons (Fsp3) is 0.214. The number of carbonyl (C=O) groups is 1. The Labute approximate surface area is 125 Å². The van der Waals surface area contributed by atoms with Crippen LogP contribution < -0.4 is 11.3 Å². The van der Waals surface area contributed by atoms with E-state index in [0.717, 1.165) is 0 Å². The van der Waals surface area contributed by atoms with Crippen LogP contribution in [-0.2, 0) is 4.74 Å². The van der Waals surface area contributed by atoms with E-state index >= 15 is 0 Å². The Balaban J connectivity index is 2.34. The van der Waals surface area contributed by atoms with E-state index in [4.69, 9.17) is 10.5 Å². The standard InChI is InChI=1S/C14H15N3O3S/c1-3-20-13(19)9-5-4-6-10(12(9)15)21-14-16-8(2)7-11(18)17-14/h4-7H,3,15H2,1-2H3,(H,16,17,18). The van der Waals surface area contributed by atoms with Crippen LogP contribution >= 0.6 is 11.8 Å². The van der Waals surface area contributed by atoms with Crippen molar-refractivity contribution in [2.75, 3.05) is 12.3 Å². The van der Waals surface area contributed by atoms with Gasteiger partial charge in [-0.2, -0.15) is 0 Å². The summed E-state index contributed by atoms with van der Waals surface area (Å²) in [6.07, 6.45) is 0. The molecule has 0 amide bonds. The molecule has 0 saturated carbocycles. The molecule has 0 aliphatic carbocycles. The lowest BCUT2D eigenvalue weighted by atomic mass is 10.2. The lowest BCUT2D eigenvalue weighted by Gasteiger charge is -2.09. The van der Waals surface area contributed by atoms with Crippen molar-refractivity contribution < 1.29 is 9.53 Å². The quantitative estimate of drug-likeness (QED) is 0.509. The van der Waals surface area contributed by atoms with Crippen molar-refractivity contribution >= 4 is 23.4 Å². The molecule has 21 heavy (non-hydrogen) atoms. The summed E-state index contributed by atoms with van der Waals surface area (Å²) in [5.41, 5.74) is 6.99. The van der Waals surface area contributed by atoms with Crippen LogP contribution in [0, 0.1) is 6.92 Å². The first-order valence-electron chi connectivity index (χ1n) is 6.32. The summed E-state index contributed by atoms with van der Waals surface area (Å²) in [5, 5.41) is 0.424. The summed E-state index contributed by atoms with van der Waals surface area (Å²) in [5.74, 6) is -0.469. The molecule has 0 aliphatic rings. The molecule has 0 radical (unpaired) electrons. The van der Waals surface area contributed by atoms with Crippen molar-refractivity contribution in [2.45, 2.75) is 23.9 Å². The number of carbonyl (C=O) groups excluding carboxylic acids is 1. The van der Waals surface area contributed by atoms with E-state index in [-0.39, 0.29) is 12.2 Å².